The van der Waals surface area contributed by atoms with Gasteiger partial charge in [0.1, 0.15) is 0 Å². The van der Waals surface area contributed by atoms with Crippen LogP contribution in [0.25, 0.3) is 10.8 Å². The van der Waals surface area contributed by atoms with Gasteiger partial charge in [0.05, 0.1) is 6.54 Å². The molecule has 0 saturated carbocycles. The summed E-state index contributed by atoms with van der Waals surface area (Å²) >= 11 is 0. The molecule has 0 spiro atoms. The first-order valence-corrected chi connectivity index (χ1v) is 5.80. The summed E-state index contributed by atoms with van der Waals surface area (Å²) in [5, 5.41) is 5.90. The zero-order valence-corrected chi connectivity index (χ0v) is 10.1. The molecule has 18 heavy (non-hydrogen) atoms. The Bertz CT molecular complexity index is 741. The summed E-state index contributed by atoms with van der Waals surface area (Å²) in [6.07, 6.45) is 5.48. The molecule has 0 unspecified atom stereocenters. The Hall–Kier alpha value is -2.36. The second kappa shape index (κ2) is 4.14. The van der Waals surface area contributed by atoms with Crippen molar-refractivity contribution in [3.8, 4) is 0 Å². The summed E-state index contributed by atoms with van der Waals surface area (Å²) in [7, 11) is 1.76. The van der Waals surface area contributed by atoms with E-state index in [2.05, 4.69) is 5.10 Å². The summed E-state index contributed by atoms with van der Waals surface area (Å²) in [5.74, 6) is 0. The molecule has 0 N–H and O–H groups in total. The minimum absolute atomic E-state index is 0.0399. The molecule has 2 heterocycles. The molecular weight excluding hydrogens is 226 g/mol. The summed E-state index contributed by atoms with van der Waals surface area (Å²) in [5.41, 5.74) is 1.18. The second-order valence-corrected chi connectivity index (χ2v) is 4.36. The third-order valence-corrected chi connectivity index (χ3v) is 3.05. The molecule has 1 aromatic carbocycles. The Morgan fingerprint density at radius 1 is 1.22 bits per heavy atom. The smallest absolute Gasteiger partial charge is 0.258 e. The average molecular weight is 239 g/mol. The van der Waals surface area contributed by atoms with E-state index >= 15 is 0 Å². The highest BCUT2D eigenvalue weighted by Gasteiger charge is 2.02. The molecule has 0 fully saturated rings. The SMILES string of the molecule is Cn1ccc2cc(Cn3cccn3)ccc2c1=O. The number of fused-ring (bicyclic) bond motifs is 1. The van der Waals surface area contributed by atoms with Crippen LogP contribution >= 0.6 is 0 Å². The first-order valence-electron chi connectivity index (χ1n) is 5.80. The highest BCUT2D eigenvalue weighted by Crippen LogP contribution is 2.13. The fourth-order valence-electron chi connectivity index (χ4n) is 2.07. The maximum Gasteiger partial charge on any atom is 0.258 e. The fraction of sp³-hybridized carbons (Fsp3) is 0.143. The van der Waals surface area contributed by atoms with Crippen LogP contribution in [0, 0.1) is 0 Å². The molecule has 4 heteroatoms. The Kier molecular flexibility index (Phi) is 2.48. The zero-order valence-electron chi connectivity index (χ0n) is 10.1. The number of aryl methyl sites for hydroxylation is 1. The molecule has 3 rings (SSSR count). The number of rotatable bonds is 2. The predicted octanol–water partition coefficient (Wildman–Crippen LogP) is 1.78. The second-order valence-electron chi connectivity index (χ2n) is 4.36. The lowest BCUT2D eigenvalue weighted by Gasteiger charge is -2.05. The van der Waals surface area contributed by atoms with Crippen molar-refractivity contribution in [3.05, 3.63) is 64.8 Å². The molecule has 0 amide bonds. The van der Waals surface area contributed by atoms with E-state index in [-0.39, 0.29) is 5.56 Å². The lowest BCUT2D eigenvalue weighted by atomic mass is 10.1. The molecule has 0 aliphatic heterocycles. The van der Waals surface area contributed by atoms with E-state index in [9.17, 15) is 4.79 Å². The van der Waals surface area contributed by atoms with Crippen LogP contribution in [-0.2, 0) is 13.6 Å². The molecule has 0 radical (unpaired) electrons. The van der Waals surface area contributed by atoms with Crippen molar-refractivity contribution in [1.82, 2.24) is 14.3 Å². The lowest BCUT2D eigenvalue weighted by Crippen LogP contribution is -2.15. The summed E-state index contributed by atoms with van der Waals surface area (Å²) in [4.78, 5) is 11.9. The number of pyridine rings is 1. The van der Waals surface area contributed by atoms with Gasteiger partial charge >= 0.3 is 0 Å². The van der Waals surface area contributed by atoms with Gasteiger partial charge in [0.2, 0.25) is 0 Å². The maximum absolute atomic E-state index is 11.9. The van der Waals surface area contributed by atoms with Crippen molar-refractivity contribution >= 4 is 10.8 Å². The Labute approximate surface area is 104 Å². The van der Waals surface area contributed by atoms with Crippen LogP contribution in [-0.4, -0.2) is 14.3 Å². The molecule has 90 valence electrons. The van der Waals surface area contributed by atoms with Gasteiger partial charge in [0.25, 0.3) is 5.56 Å². The molecule has 2 aromatic heterocycles. The normalized spacial score (nSPS) is 10.9. The van der Waals surface area contributed by atoms with Crippen LogP contribution in [0.4, 0.5) is 0 Å². The van der Waals surface area contributed by atoms with Gasteiger partial charge in [0, 0.05) is 31.0 Å². The molecule has 3 aromatic rings. The van der Waals surface area contributed by atoms with Crippen LogP contribution in [0.2, 0.25) is 0 Å². The van der Waals surface area contributed by atoms with Gasteiger partial charge in [-0.15, -0.1) is 0 Å². The largest absolute Gasteiger partial charge is 0.318 e. The van der Waals surface area contributed by atoms with E-state index in [1.807, 2.05) is 41.2 Å². The first kappa shape index (κ1) is 10.8. The monoisotopic (exact) mass is 239 g/mol. The van der Waals surface area contributed by atoms with Crippen LogP contribution in [0.15, 0.2) is 53.7 Å². The van der Waals surface area contributed by atoms with Crippen molar-refractivity contribution in [2.24, 2.45) is 7.05 Å². The van der Waals surface area contributed by atoms with Crippen LogP contribution < -0.4 is 5.56 Å². The highest BCUT2D eigenvalue weighted by molar-refractivity contribution is 5.82. The van der Waals surface area contributed by atoms with E-state index in [4.69, 9.17) is 0 Å². The highest BCUT2D eigenvalue weighted by atomic mass is 16.1. The van der Waals surface area contributed by atoms with E-state index < -0.39 is 0 Å². The molecule has 0 aliphatic carbocycles. The summed E-state index contributed by atoms with van der Waals surface area (Å²) in [6.45, 7) is 0.720. The molecule has 0 bridgehead atoms. The molecule has 0 atom stereocenters. The van der Waals surface area contributed by atoms with Crippen LogP contribution in [0.1, 0.15) is 5.56 Å². The van der Waals surface area contributed by atoms with Gasteiger partial charge in [0.15, 0.2) is 0 Å². The van der Waals surface area contributed by atoms with E-state index in [0.717, 1.165) is 22.9 Å². The van der Waals surface area contributed by atoms with Crippen LogP contribution in [0.3, 0.4) is 0 Å². The Balaban J connectivity index is 2.07. The Morgan fingerprint density at radius 3 is 2.89 bits per heavy atom. The van der Waals surface area contributed by atoms with Crippen molar-refractivity contribution < 1.29 is 0 Å². The number of hydrogen-bond donors (Lipinski definition) is 0. The molecule has 4 nitrogen and oxygen atoms in total. The fourth-order valence-corrected chi connectivity index (χ4v) is 2.07. The molecule has 0 saturated heterocycles. The maximum atomic E-state index is 11.9. The summed E-state index contributed by atoms with van der Waals surface area (Å²) < 4.78 is 3.46. The quantitative estimate of drug-likeness (QED) is 0.684. The minimum Gasteiger partial charge on any atom is -0.318 e. The van der Waals surface area contributed by atoms with Gasteiger partial charge in [-0.05, 0) is 35.2 Å². The van der Waals surface area contributed by atoms with Crippen molar-refractivity contribution in [1.29, 1.82) is 0 Å². The van der Waals surface area contributed by atoms with Crippen molar-refractivity contribution in [3.63, 3.8) is 0 Å². The van der Waals surface area contributed by atoms with Crippen molar-refractivity contribution in [2.45, 2.75) is 6.54 Å². The lowest BCUT2D eigenvalue weighted by molar-refractivity contribution is 0.687. The molecular formula is C14H13N3O. The van der Waals surface area contributed by atoms with Crippen molar-refractivity contribution in [2.75, 3.05) is 0 Å². The molecule has 0 aliphatic rings. The average Bonchev–Trinajstić information content (AvgIpc) is 2.87. The van der Waals surface area contributed by atoms with Gasteiger partial charge in [-0.1, -0.05) is 6.07 Å². The van der Waals surface area contributed by atoms with Gasteiger partial charge < -0.3 is 4.57 Å². The third kappa shape index (κ3) is 1.82. The third-order valence-electron chi connectivity index (χ3n) is 3.05. The Morgan fingerprint density at radius 2 is 2.11 bits per heavy atom. The minimum atomic E-state index is 0.0399. The van der Waals surface area contributed by atoms with E-state index in [1.54, 1.807) is 24.0 Å². The standard InChI is InChI=1S/C14H13N3O/c1-16-8-5-12-9-11(3-4-13(12)14(16)18)10-17-7-2-6-15-17/h2-9H,10H2,1H3. The van der Waals surface area contributed by atoms with E-state index in [1.165, 1.54) is 0 Å². The number of benzene rings is 1. The number of hydrogen-bond acceptors (Lipinski definition) is 2. The van der Waals surface area contributed by atoms with E-state index in [0.29, 0.717) is 0 Å². The zero-order chi connectivity index (χ0) is 12.5. The summed E-state index contributed by atoms with van der Waals surface area (Å²) in [6, 6.07) is 9.76. The van der Waals surface area contributed by atoms with Gasteiger partial charge in [-0.3, -0.25) is 9.48 Å². The predicted molar refractivity (Wildman–Crippen MR) is 70.5 cm³/mol. The first-order chi connectivity index (χ1) is 8.74. The van der Waals surface area contributed by atoms with Crippen LogP contribution in [0.5, 0.6) is 0 Å². The van der Waals surface area contributed by atoms with Gasteiger partial charge in [-0.25, -0.2) is 0 Å². The number of aromatic nitrogens is 3. The topological polar surface area (TPSA) is 39.8 Å². The number of nitrogens with zero attached hydrogens (tertiary/aromatic N) is 3. The van der Waals surface area contributed by atoms with Gasteiger partial charge in [-0.2, -0.15) is 5.10 Å².